The molecule has 0 aliphatic rings. The molecule has 1 nitrogen and oxygen atoms in total. The zero-order valence-electron chi connectivity index (χ0n) is 10.9. The van der Waals surface area contributed by atoms with Gasteiger partial charge in [-0.1, -0.05) is 18.2 Å². The van der Waals surface area contributed by atoms with Gasteiger partial charge in [0.15, 0.2) is 17.5 Å². The Hall–Kier alpha value is -1.97. The molecule has 0 fully saturated rings. The molecule has 0 bridgehead atoms. The number of hydrogen-bond acceptors (Lipinski definition) is 1. The topological polar surface area (TPSA) is 9.23 Å². The summed E-state index contributed by atoms with van der Waals surface area (Å²) in [4.78, 5) is 0. The summed E-state index contributed by atoms with van der Waals surface area (Å²) in [7, 11) is 0. The SMILES string of the molecule is Fc1cc(CCCCOc2ccccc2)cc(F)c1F. The van der Waals surface area contributed by atoms with Gasteiger partial charge < -0.3 is 4.74 Å². The minimum atomic E-state index is -1.42. The highest BCUT2D eigenvalue weighted by Gasteiger charge is 2.10. The van der Waals surface area contributed by atoms with E-state index >= 15 is 0 Å². The van der Waals surface area contributed by atoms with Gasteiger partial charge in [-0.05, 0) is 49.1 Å². The zero-order valence-corrected chi connectivity index (χ0v) is 10.9. The minimum Gasteiger partial charge on any atom is -0.494 e. The van der Waals surface area contributed by atoms with E-state index in [1.165, 1.54) is 0 Å². The summed E-state index contributed by atoms with van der Waals surface area (Å²) in [5.74, 6) is -2.89. The maximum Gasteiger partial charge on any atom is 0.194 e. The van der Waals surface area contributed by atoms with Crippen LogP contribution in [0.4, 0.5) is 13.2 Å². The Bertz CT molecular complexity index is 532. The molecule has 2 rings (SSSR count). The third-order valence-electron chi connectivity index (χ3n) is 2.92. The van der Waals surface area contributed by atoms with E-state index in [1.807, 2.05) is 30.3 Å². The molecule has 0 aromatic heterocycles. The Kier molecular flexibility index (Phi) is 5.04. The maximum atomic E-state index is 13.0. The van der Waals surface area contributed by atoms with Crippen LogP contribution >= 0.6 is 0 Å². The fourth-order valence-corrected chi connectivity index (χ4v) is 1.89. The summed E-state index contributed by atoms with van der Waals surface area (Å²) in [5, 5.41) is 0. The normalized spacial score (nSPS) is 10.6. The molecule has 2 aromatic rings. The van der Waals surface area contributed by atoms with Gasteiger partial charge in [0.25, 0.3) is 0 Å². The van der Waals surface area contributed by atoms with Crippen LogP contribution < -0.4 is 4.74 Å². The van der Waals surface area contributed by atoms with Crippen molar-refractivity contribution in [2.75, 3.05) is 6.61 Å². The van der Waals surface area contributed by atoms with E-state index in [0.29, 0.717) is 18.6 Å². The van der Waals surface area contributed by atoms with Crippen LogP contribution in [0.15, 0.2) is 42.5 Å². The van der Waals surface area contributed by atoms with Gasteiger partial charge in [-0.3, -0.25) is 0 Å². The highest BCUT2D eigenvalue weighted by atomic mass is 19.2. The van der Waals surface area contributed by atoms with Gasteiger partial charge in [0.2, 0.25) is 0 Å². The molecule has 0 aliphatic carbocycles. The van der Waals surface area contributed by atoms with Gasteiger partial charge in [0.05, 0.1) is 6.61 Å². The number of ether oxygens (including phenoxy) is 1. The van der Waals surface area contributed by atoms with E-state index in [0.717, 1.165) is 30.7 Å². The monoisotopic (exact) mass is 280 g/mol. The van der Waals surface area contributed by atoms with Gasteiger partial charge in [-0.2, -0.15) is 0 Å². The first-order valence-corrected chi connectivity index (χ1v) is 6.48. The van der Waals surface area contributed by atoms with E-state index < -0.39 is 17.5 Å². The summed E-state index contributed by atoms with van der Waals surface area (Å²) in [6.45, 7) is 0.538. The number of hydrogen-bond donors (Lipinski definition) is 0. The first-order valence-electron chi connectivity index (χ1n) is 6.48. The van der Waals surface area contributed by atoms with Crippen molar-refractivity contribution >= 4 is 0 Å². The molecule has 0 radical (unpaired) electrons. The predicted octanol–water partition coefficient (Wildman–Crippen LogP) is 4.51. The van der Waals surface area contributed by atoms with Crippen LogP contribution in [0.1, 0.15) is 18.4 Å². The van der Waals surface area contributed by atoms with Crippen molar-refractivity contribution in [2.24, 2.45) is 0 Å². The molecule has 2 aromatic carbocycles. The molecule has 0 atom stereocenters. The summed E-state index contributed by atoms with van der Waals surface area (Å²) < 4.78 is 44.3. The second-order valence-corrected chi connectivity index (χ2v) is 4.49. The highest BCUT2D eigenvalue weighted by molar-refractivity contribution is 5.21. The number of unbranched alkanes of at least 4 members (excludes halogenated alkanes) is 1. The van der Waals surface area contributed by atoms with Crippen LogP contribution in [-0.2, 0) is 6.42 Å². The molecule has 20 heavy (non-hydrogen) atoms. The van der Waals surface area contributed by atoms with Crippen LogP contribution in [-0.4, -0.2) is 6.61 Å². The fourth-order valence-electron chi connectivity index (χ4n) is 1.89. The smallest absolute Gasteiger partial charge is 0.194 e. The first-order chi connectivity index (χ1) is 9.66. The summed E-state index contributed by atoms with van der Waals surface area (Å²) in [6.07, 6.45) is 1.97. The quantitative estimate of drug-likeness (QED) is 0.559. The third kappa shape index (κ3) is 4.02. The van der Waals surface area contributed by atoms with E-state index in [2.05, 4.69) is 0 Å². The molecule has 0 heterocycles. The molecular weight excluding hydrogens is 265 g/mol. The lowest BCUT2D eigenvalue weighted by molar-refractivity contribution is 0.307. The summed E-state index contributed by atoms with van der Waals surface area (Å²) >= 11 is 0. The second kappa shape index (κ2) is 6.98. The van der Waals surface area contributed by atoms with Crippen molar-refractivity contribution in [1.82, 2.24) is 0 Å². The Morgan fingerprint density at radius 3 is 2.15 bits per heavy atom. The average molecular weight is 280 g/mol. The first kappa shape index (κ1) is 14.4. The predicted molar refractivity (Wildman–Crippen MR) is 71.2 cm³/mol. The van der Waals surface area contributed by atoms with Crippen LogP contribution in [0.2, 0.25) is 0 Å². The molecular formula is C16H15F3O. The molecule has 0 saturated carbocycles. The van der Waals surface area contributed by atoms with Crippen molar-refractivity contribution < 1.29 is 17.9 Å². The Morgan fingerprint density at radius 1 is 0.850 bits per heavy atom. The van der Waals surface area contributed by atoms with E-state index in [1.54, 1.807) is 0 Å². The largest absolute Gasteiger partial charge is 0.494 e. The van der Waals surface area contributed by atoms with Crippen molar-refractivity contribution in [3.8, 4) is 5.75 Å². The van der Waals surface area contributed by atoms with Crippen molar-refractivity contribution in [2.45, 2.75) is 19.3 Å². The van der Waals surface area contributed by atoms with Crippen LogP contribution in [0, 0.1) is 17.5 Å². The lowest BCUT2D eigenvalue weighted by Gasteiger charge is -2.06. The molecule has 0 aliphatic heterocycles. The lowest BCUT2D eigenvalue weighted by Crippen LogP contribution is -1.99. The zero-order chi connectivity index (χ0) is 14.4. The maximum absolute atomic E-state index is 13.0. The molecule has 0 saturated heterocycles. The van der Waals surface area contributed by atoms with Gasteiger partial charge in [-0.15, -0.1) is 0 Å². The molecule has 106 valence electrons. The third-order valence-corrected chi connectivity index (χ3v) is 2.92. The molecule has 4 heteroatoms. The molecule has 0 spiro atoms. The van der Waals surface area contributed by atoms with E-state index in [-0.39, 0.29) is 0 Å². The molecule has 0 unspecified atom stereocenters. The molecule has 0 N–H and O–H groups in total. The second-order valence-electron chi connectivity index (χ2n) is 4.49. The van der Waals surface area contributed by atoms with Gasteiger partial charge in [0.1, 0.15) is 5.75 Å². The minimum absolute atomic E-state index is 0.459. The lowest BCUT2D eigenvalue weighted by atomic mass is 10.1. The van der Waals surface area contributed by atoms with Crippen molar-refractivity contribution in [1.29, 1.82) is 0 Å². The van der Waals surface area contributed by atoms with E-state index in [4.69, 9.17) is 4.74 Å². The summed E-state index contributed by atoms with van der Waals surface area (Å²) in [6, 6.07) is 11.5. The number of rotatable bonds is 6. The number of halogens is 3. The van der Waals surface area contributed by atoms with Gasteiger partial charge in [0, 0.05) is 0 Å². The van der Waals surface area contributed by atoms with Crippen LogP contribution in [0.25, 0.3) is 0 Å². The number of benzene rings is 2. The van der Waals surface area contributed by atoms with Crippen molar-refractivity contribution in [3.05, 3.63) is 65.5 Å². The summed E-state index contributed by atoms with van der Waals surface area (Å²) in [5.41, 5.74) is 0.459. The highest BCUT2D eigenvalue weighted by Crippen LogP contribution is 2.15. The number of aryl methyl sites for hydroxylation is 1. The van der Waals surface area contributed by atoms with Crippen LogP contribution in [0.3, 0.4) is 0 Å². The van der Waals surface area contributed by atoms with Crippen LogP contribution in [0.5, 0.6) is 5.75 Å². The number of para-hydroxylation sites is 1. The fraction of sp³-hybridized carbons (Fsp3) is 0.250. The average Bonchev–Trinajstić information content (AvgIpc) is 2.45. The van der Waals surface area contributed by atoms with Gasteiger partial charge in [-0.25, -0.2) is 13.2 Å². The standard InChI is InChI=1S/C16H15F3O/c17-14-10-12(11-15(18)16(14)19)6-4-5-9-20-13-7-2-1-3-8-13/h1-3,7-8,10-11H,4-6,9H2. The van der Waals surface area contributed by atoms with Crippen molar-refractivity contribution in [3.63, 3.8) is 0 Å². The van der Waals surface area contributed by atoms with E-state index in [9.17, 15) is 13.2 Å². The Labute approximate surface area is 116 Å². The Morgan fingerprint density at radius 2 is 1.50 bits per heavy atom. The Balaban J connectivity index is 1.74. The van der Waals surface area contributed by atoms with Gasteiger partial charge >= 0.3 is 0 Å². The molecule has 0 amide bonds.